The van der Waals surface area contributed by atoms with Gasteiger partial charge in [0.25, 0.3) is 0 Å². The molecule has 21 heavy (non-hydrogen) atoms. The number of nitrogens with one attached hydrogen (secondary N) is 1. The molecule has 0 saturated heterocycles. The fourth-order valence-corrected chi connectivity index (χ4v) is 3.79. The second-order valence-electron chi connectivity index (χ2n) is 6.85. The van der Waals surface area contributed by atoms with Crippen LogP contribution in [-0.2, 0) is 4.79 Å². The molecule has 0 bridgehead atoms. The molecule has 1 amide bonds. The molecule has 0 spiro atoms. The summed E-state index contributed by atoms with van der Waals surface area (Å²) < 4.78 is 0. The van der Waals surface area contributed by atoms with Crippen LogP contribution in [0.15, 0.2) is 29.2 Å². The Balaban J connectivity index is 2.07. The number of nitrogens with two attached hydrogens (primary N) is 1. The molecule has 4 heteroatoms. The van der Waals surface area contributed by atoms with E-state index in [1.807, 2.05) is 50.7 Å². The quantitative estimate of drug-likeness (QED) is 0.883. The van der Waals surface area contributed by atoms with Gasteiger partial charge in [-0.15, -0.1) is 11.8 Å². The van der Waals surface area contributed by atoms with Crippen LogP contribution in [0.1, 0.15) is 46.5 Å². The number of anilines is 1. The summed E-state index contributed by atoms with van der Waals surface area (Å²) in [6.45, 7) is 5.95. The molecule has 1 aromatic carbocycles. The fraction of sp³-hybridized carbons (Fsp3) is 0.588. The highest BCUT2D eigenvalue weighted by Crippen LogP contribution is 2.38. The maximum absolute atomic E-state index is 12.3. The SMILES string of the molecule is CC(C)(C)[C@H](N)C(=O)Nc1ccccc1SC1CCCC1. The van der Waals surface area contributed by atoms with Crippen LogP contribution in [0.25, 0.3) is 0 Å². The van der Waals surface area contributed by atoms with Gasteiger partial charge >= 0.3 is 0 Å². The van der Waals surface area contributed by atoms with Crippen molar-refractivity contribution in [3.63, 3.8) is 0 Å². The Kier molecular flexibility index (Phi) is 5.33. The zero-order chi connectivity index (χ0) is 15.5. The number of carbonyl (C=O) groups is 1. The Labute approximate surface area is 132 Å². The molecular weight excluding hydrogens is 280 g/mol. The molecule has 2 rings (SSSR count). The number of hydrogen-bond acceptors (Lipinski definition) is 3. The van der Waals surface area contributed by atoms with E-state index in [9.17, 15) is 4.79 Å². The Hall–Kier alpha value is -1.00. The van der Waals surface area contributed by atoms with Crippen molar-refractivity contribution in [3.8, 4) is 0 Å². The second-order valence-corrected chi connectivity index (χ2v) is 8.20. The molecular formula is C17H26N2OS. The maximum Gasteiger partial charge on any atom is 0.241 e. The van der Waals surface area contributed by atoms with E-state index in [4.69, 9.17) is 5.73 Å². The smallest absolute Gasteiger partial charge is 0.241 e. The highest BCUT2D eigenvalue weighted by Gasteiger charge is 2.28. The molecule has 0 radical (unpaired) electrons. The van der Waals surface area contributed by atoms with Gasteiger partial charge in [0.05, 0.1) is 11.7 Å². The summed E-state index contributed by atoms with van der Waals surface area (Å²) >= 11 is 1.88. The van der Waals surface area contributed by atoms with E-state index in [2.05, 4.69) is 11.4 Å². The lowest BCUT2D eigenvalue weighted by Gasteiger charge is -2.26. The van der Waals surface area contributed by atoms with Crippen molar-refractivity contribution in [1.82, 2.24) is 0 Å². The number of thioether (sulfide) groups is 1. The third-order valence-corrected chi connectivity index (χ3v) is 5.37. The van der Waals surface area contributed by atoms with Gasteiger partial charge in [-0.25, -0.2) is 0 Å². The van der Waals surface area contributed by atoms with Crippen LogP contribution in [0, 0.1) is 5.41 Å². The van der Waals surface area contributed by atoms with Gasteiger partial charge in [0.1, 0.15) is 0 Å². The molecule has 116 valence electrons. The van der Waals surface area contributed by atoms with Gasteiger partial charge in [-0.3, -0.25) is 4.79 Å². The zero-order valence-electron chi connectivity index (χ0n) is 13.2. The van der Waals surface area contributed by atoms with Gasteiger partial charge in [0.15, 0.2) is 0 Å². The van der Waals surface area contributed by atoms with Gasteiger partial charge in [-0.1, -0.05) is 45.7 Å². The minimum Gasteiger partial charge on any atom is -0.324 e. The molecule has 1 atom stereocenters. The number of amides is 1. The van der Waals surface area contributed by atoms with Crippen molar-refractivity contribution in [2.45, 2.75) is 62.6 Å². The van der Waals surface area contributed by atoms with Crippen LogP contribution < -0.4 is 11.1 Å². The van der Waals surface area contributed by atoms with Crippen LogP contribution >= 0.6 is 11.8 Å². The van der Waals surface area contributed by atoms with Gasteiger partial charge in [0.2, 0.25) is 5.91 Å². The fourth-order valence-electron chi connectivity index (χ4n) is 2.46. The summed E-state index contributed by atoms with van der Waals surface area (Å²) in [5, 5.41) is 3.69. The lowest BCUT2D eigenvalue weighted by Crippen LogP contribution is -2.45. The first-order valence-corrected chi connectivity index (χ1v) is 8.58. The van der Waals surface area contributed by atoms with E-state index in [0.717, 1.165) is 10.6 Å². The Morgan fingerprint density at radius 3 is 2.52 bits per heavy atom. The third-order valence-electron chi connectivity index (χ3n) is 3.96. The third kappa shape index (κ3) is 4.48. The monoisotopic (exact) mass is 306 g/mol. The van der Waals surface area contributed by atoms with Crippen LogP contribution in [0.4, 0.5) is 5.69 Å². The molecule has 0 aromatic heterocycles. The first kappa shape index (κ1) is 16.4. The highest BCUT2D eigenvalue weighted by atomic mass is 32.2. The van der Waals surface area contributed by atoms with Gasteiger partial charge in [-0.2, -0.15) is 0 Å². The molecule has 1 saturated carbocycles. The molecule has 1 aliphatic rings. The van der Waals surface area contributed by atoms with Crippen LogP contribution in [0.2, 0.25) is 0 Å². The van der Waals surface area contributed by atoms with Crippen molar-refractivity contribution in [2.75, 3.05) is 5.32 Å². The van der Waals surface area contributed by atoms with E-state index >= 15 is 0 Å². The number of para-hydroxylation sites is 1. The molecule has 0 unspecified atom stereocenters. The summed E-state index contributed by atoms with van der Waals surface area (Å²) in [5.41, 5.74) is 6.69. The zero-order valence-corrected chi connectivity index (χ0v) is 14.0. The first-order valence-electron chi connectivity index (χ1n) is 7.70. The summed E-state index contributed by atoms with van der Waals surface area (Å²) in [6.07, 6.45) is 5.19. The average molecular weight is 306 g/mol. The standard InChI is InChI=1S/C17H26N2OS/c1-17(2,3)15(18)16(20)19-13-10-6-7-11-14(13)21-12-8-4-5-9-12/h6-7,10-12,15H,4-5,8-9,18H2,1-3H3,(H,19,20)/t15-/m1/s1. The topological polar surface area (TPSA) is 55.1 Å². The molecule has 3 N–H and O–H groups in total. The van der Waals surface area contributed by atoms with Crippen LogP contribution in [0.5, 0.6) is 0 Å². The van der Waals surface area contributed by atoms with Crippen molar-refractivity contribution in [1.29, 1.82) is 0 Å². The van der Waals surface area contributed by atoms with Crippen molar-refractivity contribution in [2.24, 2.45) is 11.1 Å². The summed E-state index contributed by atoms with van der Waals surface area (Å²) in [7, 11) is 0. The first-order chi connectivity index (χ1) is 9.88. The Bertz CT molecular complexity index is 490. The van der Waals surface area contributed by atoms with Crippen molar-refractivity contribution < 1.29 is 4.79 Å². The molecule has 1 aromatic rings. The van der Waals surface area contributed by atoms with E-state index in [1.165, 1.54) is 25.7 Å². The predicted molar refractivity (Wildman–Crippen MR) is 90.6 cm³/mol. The Morgan fingerprint density at radius 1 is 1.29 bits per heavy atom. The summed E-state index contributed by atoms with van der Waals surface area (Å²) in [4.78, 5) is 13.5. The van der Waals surface area contributed by atoms with Crippen molar-refractivity contribution in [3.05, 3.63) is 24.3 Å². The van der Waals surface area contributed by atoms with Gasteiger partial charge in [-0.05, 0) is 30.4 Å². The highest BCUT2D eigenvalue weighted by molar-refractivity contribution is 8.00. The average Bonchev–Trinajstić information content (AvgIpc) is 2.92. The largest absolute Gasteiger partial charge is 0.324 e. The normalized spacial score (nSPS) is 17.7. The predicted octanol–water partition coefficient (Wildman–Crippen LogP) is 4.03. The summed E-state index contributed by atoms with van der Waals surface area (Å²) in [5.74, 6) is -0.109. The lowest BCUT2D eigenvalue weighted by molar-refractivity contribution is -0.119. The van der Waals surface area contributed by atoms with Gasteiger partial charge in [0, 0.05) is 10.1 Å². The van der Waals surface area contributed by atoms with Gasteiger partial charge < -0.3 is 11.1 Å². The maximum atomic E-state index is 12.3. The second kappa shape index (κ2) is 6.84. The molecule has 1 fully saturated rings. The van der Waals surface area contributed by atoms with E-state index < -0.39 is 6.04 Å². The minimum atomic E-state index is -0.512. The van der Waals surface area contributed by atoms with Crippen LogP contribution in [0.3, 0.4) is 0 Å². The van der Waals surface area contributed by atoms with Crippen molar-refractivity contribution >= 4 is 23.4 Å². The van der Waals surface area contributed by atoms with Crippen LogP contribution in [-0.4, -0.2) is 17.2 Å². The number of rotatable bonds is 4. The van der Waals surface area contributed by atoms with E-state index in [0.29, 0.717) is 5.25 Å². The van der Waals surface area contributed by atoms with E-state index in [-0.39, 0.29) is 11.3 Å². The van der Waals surface area contributed by atoms with E-state index in [1.54, 1.807) is 0 Å². The molecule has 0 heterocycles. The molecule has 0 aliphatic heterocycles. The number of benzene rings is 1. The summed E-state index contributed by atoms with van der Waals surface area (Å²) in [6, 6.07) is 7.52. The minimum absolute atomic E-state index is 0.109. The molecule has 1 aliphatic carbocycles. The number of carbonyl (C=O) groups excluding carboxylic acids is 1. The Morgan fingerprint density at radius 2 is 1.90 bits per heavy atom. The lowest BCUT2D eigenvalue weighted by atomic mass is 9.87. The number of hydrogen-bond donors (Lipinski definition) is 2. The molecule has 3 nitrogen and oxygen atoms in total.